The van der Waals surface area contributed by atoms with Crippen LogP contribution in [0.1, 0.15) is 222 Å². The lowest BCUT2D eigenvalue weighted by atomic mass is 9.91. The standard InChI is InChI=1S/C81H139N23O16/c1-48(67(108)91-51(4)69(110)101-64(46-55-47-89-57-31-15-14-30-56(55)57)76(117)97-58(65(88)106)32-16-24-40-82)92-72(113)59(33-17-25-41-83)98-68(109)50(3)90-66(107)49(2)93-74(115)61(35-19-27-43-85)100-75(116)62(36-20-28-44-86)102-79(120)81(9)39-23-13-11-10-12-22-38-80(8,104-77(118)63(96-54(7)105)37-21-29-45-87)78(119)95-52(5)70(111)99-60(34-18-26-42-84)73(114)94-53(6)71(112)103-81/h10-11,14-15,30-31,47-53,58-64,89H,12-13,16-29,32-46,82-87H2,1-9H3,(H2,88,106)(H,90,107)(H,91,108)(H,92,113)(H,93,115)(H,94,114)(H,95,119)(H,96,105)(H,97,117)(H,98,109)(H,99,111)(H,100,116)(H,101,110)(H,102,120)(H,103,112)(H,104,118)/b11-10-/t48-,49-,50-,51-,52-,53-,58-,59-,60-,61-,62-,63-,64-,80+,81+/m0/s1. The molecule has 0 aliphatic carbocycles. The van der Waals surface area contributed by atoms with Gasteiger partial charge in [0.1, 0.15) is 89.6 Å². The van der Waals surface area contributed by atoms with E-state index >= 15 is 0 Å². The van der Waals surface area contributed by atoms with Crippen LogP contribution in [0.25, 0.3) is 10.9 Å². The smallest absolute Gasteiger partial charge is 0.246 e. The summed E-state index contributed by atoms with van der Waals surface area (Å²) < 4.78 is 0. The second-order valence-electron chi connectivity index (χ2n) is 31.5. The van der Waals surface area contributed by atoms with Gasteiger partial charge in [-0.1, -0.05) is 30.4 Å². The summed E-state index contributed by atoms with van der Waals surface area (Å²) in [4.78, 5) is 226. The zero-order chi connectivity index (χ0) is 89.7. The number of carbonyl (C=O) groups excluding carboxylic acids is 16. The number of amides is 16. The molecule has 2 heterocycles. The number of allylic oxidation sites excluding steroid dienone is 2. The maximum atomic E-state index is 15.0. The number of unbranched alkanes of at least 4 members (excludes halogenated alkanes) is 6. The molecule has 674 valence electrons. The summed E-state index contributed by atoms with van der Waals surface area (Å²) in [6, 6.07) is -9.16. The van der Waals surface area contributed by atoms with Gasteiger partial charge in [-0.25, -0.2) is 0 Å². The van der Waals surface area contributed by atoms with Crippen LogP contribution in [-0.2, 0) is 83.1 Å². The number of nitrogens with two attached hydrogens (primary N) is 7. The first-order valence-electron chi connectivity index (χ1n) is 42.2. The number of primary amides is 1. The van der Waals surface area contributed by atoms with Crippen molar-refractivity contribution in [1.82, 2.24) is 84.7 Å². The Balaban J connectivity index is 1.84. The van der Waals surface area contributed by atoms with Crippen molar-refractivity contribution in [2.24, 2.45) is 40.1 Å². The van der Waals surface area contributed by atoms with Gasteiger partial charge in [0.15, 0.2) is 0 Å². The van der Waals surface area contributed by atoms with Crippen LogP contribution in [-0.4, -0.2) is 228 Å². The van der Waals surface area contributed by atoms with Gasteiger partial charge in [0.2, 0.25) is 94.5 Å². The highest BCUT2D eigenvalue weighted by molar-refractivity contribution is 6.02. The van der Waals surface area contributed by atoms with E-state index in [9.17, 15) is 76.7 Å². The van der Waals surface area contributed by atoms with Crippen LogP contribution >= 0.6 is 0 Å². The molecule has 1 aromatic carbocycles. The fourth-order valence-electron chi connectivity index (χ4n) is 13.3. The van der Waals surface area contributed by atoms with Crippen LogP contribution in [0, 0.1) is 0 Å². The molecule has 2 aromatic rings. The molecule has 0 saturated carbocycles. The van der Waals surface area contributed by atoms with Crippen molar-refractivity contribution in [1.29, 1.82) is 0 Å². The van der Waals surface area contributed by atoms with E-state index in [0.717, 1.165) is 10.9 Å². The molecule has 15 atom stereocenters. The van der Waals surface area contributed by atoms with Gasteiger partial charge in [0, 0.05) is 30.4 Å². The number of carbonyl (C=O) groups is 16. The van der Waals surface area contributed by atoms with Gasteiger partial charge in [0.05, 0.1) is 0 Å². The van der Waals surface area contributed by atoms with E-state index in [1.807, 2.05) is 36.4 Å². The number of rotatable bonds is 48. The molecule has 0 bridgehead atoms. The molecule has 30 N–H and O–H groups in total. The second-order valence-corrected chi connectivity index (χ2v) is 31.5. The summed E-state index contributed by atoms with van der Waals surface area (Å²) in [5, 5.41) is 40.8. The van der Waals surface area contributed by atoms with Crippen LogP contribution < -0.4 is 120 Å². The third-order valence-electron chi connectivity index (χ3n) is 20.9. The van der Waals surface area contributed by atoms with E-state index < -0.39 is 184 Å². The monoisotopic (exact) mass is 1690 g/mol. The third-order valence-corrected chi connectivity index (χ3v) is 20.9. The highest BCUT2D eigenvalue weighted by atomic mass is 16.2. The summed E-state index contributed by atoms with van der Waals surface area (Å²) >= 11 is 0. The lowest BCUT2D eigenvalue weighted by Gasteiger charge is -2.33. The summed E-state index contributed by atoms with van der Waals surface area (Å²) in [5.41, 5.74) is 38.4. The first kappa shape index (κ1) is 104. The number of H-pyrrole nitrogens is 1. The highest BCUT2D eigenvalue weighted by Crippen LogP contribution is 2.23. The lowest BCUT2D eigenvalue weighted by Crippen LogP contribution is -2.64. The van der Waals surface area contributed by atoms with Crippen molar-refractivity contribution in [3.8, 4) is 0 Å². The predicted octanol–water partition coefficient (Wildman–Crippen LogP) is -2.93. The van der Waals surface area contributed by atoms with Crippen LogP contribution in [0.5, 0.6) is 0 Å². The Morgan fingerprint density at radius 2 is 0.833 bits per heavy atom. The van der Waals surface area contributed by atoms with Crippen LogP contribution in [0.2, 0.25) is 0 Å². The molecule has 0 saturated heterocycles. The molecule has 16 amide bonds. The zero-order valence-electron chi connectivity index (χ0n) is 71.5. The minimum Gasteiger partial charge on any atom is -0.368 e. The minimum absolute atomic E-state index is 0.00183. The van der Waals surface area contributed by atoms with Crippen LogP contribution in [0.4, 0.5) is 0 Å². The summed E-state index contributed by atoms with van der Waals surface area (Å²) in [6.45, 7) is 14.0. The average Bonchev–Trinajstić information content (AvgIpc) is 1.40. The summed E-state index contributed by atoms with van der Waals surface area (Å²) in [5.74, 6) is -12.2. The summed E-state index contributed by atoms with van der Waals surface area (Å²) in [7, 11) is 0. The molecule has 0 spiro atoms. The van der Waals surface area contributed by atoms with Crippen molar-refractivity contribution >= 4 is 105 Å². The number of nitrogens with one attached hydrogen (secondary N) is 16. The van der Waals surface area contributed by atoms with E-state index in [0.29, 0.717) is 115 Å². The Morgan fingerprint density at radius 1 is 0.442 bits per heavy atom. The van der Waals surface area contributed by atoms with Crippen molar-refractivity contribution < 1.29 is 76.7 Å². The number of benzene rings is 1. The molecular weight excluding hydrogens is 1550 g/mol. The maximum absolute atomic E-state index is 15.0. The highest BCUT2D eigenvalue weighted by Gasteiger charge is 2.42. The van der Waals surface area contributed by atoms with Gasteiger partial charge in [0.25, 0.3) is 0 Å². The number of fused-ring (bicyclic) bond motifs is 1. The van der Waals surface area contributed by atoms with E-state index in [2.05, 4.69) is 84.7 Å². The molecule has 0 fully saturated rings. The van der Waals surface area contributed by atoms with E-state index in [1.165, 1.54) is 62.3 Å². The van der Waals surface area contributed by atoms with Crippen molar-refractivity contribution in [2.45, 2.75) is 312 Å². The first-order valence-corrected chi connectivity index (χ1v) is 42.2. The van der Waals surface area contributed by atoms with Crippen molar-refractivity contribution in [2.75, 3.05) is 39.3 Å². The third kappa shape index (κ3) is 36.8. The van der Waals surface area contributed by atoms with Crippen molar-refractivity contribution in [3.05, 3.63) is 48.2 Å². The molecule has 3 rings (SSSR count). The molecule has 1 aliphatic heterocycles. The largest absolute Gasteiger partial charge is 0.368 e. The second kappa shape index (κ2) is 54.9. The lowest BCUT2D eigenvalue weighted by molar-refractivity contribution is -0.138. The zero-order valence-corrected chi connectivity index (χ0v) is 71.5. The van der Waals surface area contributed by atoms with Crippen molar-refractivity contribution in [3.63, 3.8) is 0 Å². The Kier molecular flexibility index (Phi) is 47.5. The molecule has 39 heteroatoms. The first-order chi connectivity index (χ1) is 56.9. The summed E-state index contributed by atoms with van der Waals surface area (Å²) in [6.07, 6.45) is 12.5. The molecule has 0 unspecified atom stereocenters. The molecular formula is C81H139N23O16. The fourth-order valence-corrected chi connectivity index (χ4v) is 13.3. The number of hydrogen-bond acceptors (Lipinski definition) is 22. The van der Waals surface area contributed by atoms with Crippen LogP contribution in [0.3, 0.4) is 0 Å². The van der Waals surface area contributed by atoms with Gasteiger partial charge in [-0.05, 0) is 260 Å². The maximum Gasteiger partial charge on any atom is 0.246 e. The molecule has 0 radical (unpaired) electrons. The van der Waals surface area contributed by atoms with Gasteiger partial charge >= 0.3 is 0 Å². The molecule has 120 heavy (non-hydrogen) atoms. The Morgan fingerprint density at radius 3 is 1.32 bits per heavy atom. The van der Waals surface area contributed by atoms with Gasteiger partial charge in [-0.3, -0.25) is 76.7 Å². The minimum atomic E-state index is -1.79. The Bertz CT molecular complexity index is 3730. The Hall–Kier alpha value is -10.2. The number of para-hydroxylation sites is 1. The number of aromatic amines is 1. The molecule has 1 aromatic heterocycles. The normalized spacial score (nSPS) is 20.4. The molecule has 39 nitrogen and oxygen atoms in total. The van der Waals surface area contributed by atoms with E-state index in [-0.39, 0.29) is 90.4 Å². The SMILES string of the molecule is CC(=O)N[C@@H](CCCCN)C(=O)N[C@]1(C)CCC/C=C\CCC[C@](C)(C(=O)N[C@@H](CCCCN)C(=O)N[C@@H](CCCCN)C(=O)N[C@@H](C)C(=O)N[C@@H](C)C(=O)N[C@@H](CCCCN)C(=O)N[C@@H](C)C(=O)N[C@@H](C)C(=O)N[C@@H](Cc2c[nH]c3ccccc23)C(=O)N[C@@H](CCCCN)C(N)=O)NC(=O)[C@H](C)NC(=O)[C@H](CCCCN)NC(=O)[C@H](C)NC1=O. The molecule has 1 aliphatic rings. The topological polar surface area (TPSA) is 651 Å². The van der Waals surface area contributed by atoms with E-state index in [4.69, 9.17) is 40.1 Å². The van der Waals surface area contributed by atoms with Gasteiger partial charge in [-0.15, -0.1) is 0 Å². The van der Waals surface area contributed by atoms with E-state index in [1.54, 1.807) is 6.20 Å². The van der Waals surface area contributed by atoms with Gasteiger partial charge < -0.3 is 125 Å². The number of aromatic nitrogens is 1. The Labute approximate surface area is 703 Å². The van der Waals surface area contributed by atoms with Crippen LogP contribution in [0.15, 0.2) is 42.6 Å². The fraction of sp³-hybridized carbons (Fsp3) is 0.679. The average molecular weight is 1690 g/mol. The quantitative estimate of drug-likeness (QED) is 0.0233. The van der Waals surface area contributed by atoms with Gasteiger partial charge in [-0.2, -0.15) is 0 Å². The number of hydrogen-bond donors (Lipinski definition) is 23. The predicted molar refractivity (Wildman–Crippen MR) is 453 cm³/mol.